The molecule has 0 aliphatic heterocycles. The van der Waals surface area contributed by atoms with E-state index in [1.807, 2.05) is 38.1 Å². The lowest BCUT2D eigenvalue weighted by atomic mass is 10.1. The molecule has 3 rings (SSSR count). The van der Waals surface area contributed by atoms with Gasteiger partial charge in [0.1, 0.15) is 18.4 Å². The van der Waals surface area contributed by atoms with Gasteiger partial charge in [-0.3, -0.25) is 13.9 Å². The van der Waals surface area contributed by atoms with Crippen molar-refractivity contribution in [3.8, 4) is 0 Å². The Morgan fingerprint density at radius 2 is 1.69 bits per heavy atom. The number of carbonyl (C=O) groups excluding carboxylic acids is 2. The first-order valence-corrected chi connectivity index (χ1v) is 14.9. The van der Waals surface area contributed by atoms with Crippen molar-refractivity contribution in [2.45, 2.75) is 51.1 Å². The van der Waals surface area contributed by atoms with Gasteiger partial charge >= 0.3 is 0 Å². The van der Waals surface area contributed by atoms with Gasteiger partial charge in [-0.1, -0.05) is 59.1 Å². The Hall–Kier alpha value is -3.24. The molecule has 39 heavy (non-hydrogen) atoms. The van der Waals surface area contributed by atoms with Crippen LogP contribution in [0.1, 0.15) is 37.8 Å². The van der Waals surface area contributed by atoms with Crippen LogP contribution >= 0.6 is 15.9 Å². The summed E-state index contributed by atoms with van der Waals surface area (Å²) in [6.07, 6.45) is 1.71. The zero-order chi connectivity index (χ0) is 28.6. The molecule has 1 N–H and O–H groups in total. The quantitative estimate of drug-likeness (QED) is 0.275. The highest BCUT2D eigenvalue weighted by Crippen LogP contribution is 2.25. The van der Waals surface area contributed by atoms with E-state index in [1.54, 1.807) is 31.2 Å². The number of hydrogen-bond acceptors (Lipinski definition) is 4. The second-order valence-electron chi connectivity index (χ2n) is 9.27. The summed E-state index contributed by atoms with van der Waals surface area (Å²) >= 11 is 3.43. The van der Waals surface area contributed by atoms with Gasteiger partial charge in [0.2, 0.25) is 11.8 Å². The maximum atomic E-state index is 13.9. The van der Waals surface area contributed by atoms with Gasteiger partial charge in [0.25, 0.3) is 10.0 Å². The number of hydrogen-bond donors (Lipinski definition) is 1. The fourth-order valence-corrected chi connectivity index (χ4v) is 5.79. The first kappa shape index (κ1) is 30.3. The summed E-state index contributed by atoms with van der Waals surface area (Å²) in [5.74, 6) is -1.45. The minimum absolute atomic E-state index is 0.0962. The number of rotatable bonds is 12. The van der Waals surface area contributed by atoms with E-state index in [9.17, 15) is 22.4 Å². The third-order valence-electron chi connectivity index (χ3n) is 6.24. The molecule has 0 fully saturated rings. The van der Waals surface area contributed by atoms with Gasteiger partial charge in [-0.15, -0.1) is 0 Å². The van der Waals surface area contributed by atoms with Crippen LogP contribution in [-0.4, -0.2) is 44.3 Å². The summed E-state index contributed by atoms with van der Waals surface area (Å²) < 4.78 is 42.8. The number of aryl methyl sites for hydroxylation is 1. The van der Waals surface area contributed by atoms with E-state index in [4.69, 9.17) is 0 Å². The number of amides is 2. The third kappa shape index (κ3) is 8.12. The Morgan fingerprint density at radius 1 is 1.03 bits per heavy atom. The lowest BCUT2D eigenvalue weighted by Crippen LogP contribution is -2.51. The van der Waals surface area contributed by atoms with Crippen LogP contribution < -0.4 is 9.62 Å². The molecule has 0 heterocycles. The lowest BCUT2D eigenvalue weighted by molar-refractivity contribution is -0.139. The molecule has 0 bridgehead atoms. The molecule has 2 amide bonds. The normalized spacial score (nSPS) is 12.0. The molecule has 0 saturated carbocycles. The van der Waals surface area contributed by atoms with E-state index in [0.29, 0.717) is 6.54 Å². The fraction of sp³-hybridized carbons (Fsp3) is 0.310. The van der Waals surface area contributed by atoms with E-state index in [2.05, 4.69) is 21.2 Å². The standard InChI is InChI=1S/C29H33BrFN3O4S/c1-4-5-17-32-29(36)22(3)33(19-23-7-6-8-24(30)18-23)28(35)20-34(26-13-9-21(2)10-14-26)39(37,38)27-15-11-25(31)12-16-27/h6-16,18,22H,4-5,17,19-20H2,1-3H3,(H,32,36)/t22-/m0/s1. The molecular weight excluding hydrogens is 585 g/mol. The molecule has 0 aliphatic carbocycles. The van der Waals surface area contributed by atoms with Crippen molar-refractivity contribution in [1.82, 2.24) is 10.2 Å². The Labute approximate surface area is 238 Å². The maximum Gasteiger partial charge on any atom is 0.264 e. The number of halogens is 2. The summed E-state index contributed by atoms with van der Waals surface area (Å²) in [4.78, 5) is 28.1. The minimum Gasteiger partial charge on any atom is -0.354 e. The van der Waals surface area contributed by atoms with Crippen LogP contribution in [0.5, 0.6) is 0 Å². The third-order valence-corrected chi connectivity index (χ3v) is 8.52. The van der Waals surface area contributed by atoms with Crippen LogP contribution in [-0.2, 0) is 26.2 Å². The molecule has 0 aromatic heterocycles. The summed E-state index contributed by atoms with van der Waals surface area (Å²) in [6, 6.07) is 17.7. The van der Waals surface area contributed by atoms with E-state index < -0.39 is 34.3 Å². The Balaban J connectivity index is 1.99. The lowest BCUT2D eigenvalue weighted by Gasteiger charge is -2.32. The molecule has 7 nitrogen and oxygen atoms in total. The average Bonchev–Trinajstić information content (AvgIpc) is 2.90. The maximum absolute atomic E-state index is 13.9. The first-order chi connectivity index (χ1) is 18.5. The zero-order valence-corrected chi connectivity index (χ0v) is 24.6. The van der Waals surface area contributed by atoms with E-state index >= 15 is 0 Å². The van der Waals surface area contributed by atoms with Crippen LogP contribution in [0.2, 0.25) is 0 Å². The number of nitrogens with one attached hydrogen (secondary N) is 1. The van der Waals surface area contributed by atoms with Crippen molar-refractivity contribution < 1.29 is 22.4 Å². The summed E-state index contributed by atoms with van der Waals surface area (Å²) in [7, 11) is -4.24. The predicted octanol–water partition coefficient (Wildman–Crippen LogP) is 5.43. The predicted molar refractivity (Wildman–Crippen MR) is 154 cm³/mol. The van der Waals surface area contributed by atoms with Gasteiger partial charge < -0.3 is 10.2 Å². The van der Waals surface area contributed by atoms with E-state index in [0.717, 1.165) is 44.9 Å². The number of nitrogens with zero attached hydrogens (tertiary/aromatic N) is 2. The molecule has 0 radical (unpaired) electrons. The van der Waals surface area contributed by atoms with E-state index in [-0.39, 0.29) is 23.0 Å². The fourth-order valence-electron chi connectivity index (χ4n) is 3.92. The number of sulfonamides is 1. The summed E-state index contributed by atoms with van der Waals surface area (Å²) in [5, 5.41) is 2.86. The highest BCUT2D eigenvalue weighted by Gasteiger charge is 2.32. The monoisotopic (exact) mass is 617 g/mol. The van der Waals surface area contributed by atoms with Crippen molar-refractivity contribution in [1.29, 1.82) is 0 Å². The second-order valence-corrected chi connectivity index (χ2v) is 12.1. The molecule has 208 valence electrons. The van der Waals surface area contributed by atoms with Crippen molar-refractivity contribution in [3.05, 3.63) is 94.2 Å². The molecule has 0 spiro atoms. The molecule has 1 atom stereocenters. The Kier molecular flexibility index (Phi) is 10.7. The molecule has 0 aliphatic rings. The smallest absolute Gasteiger partial charge is 0.264 e. The zero-order valence-electron chi connectivity index (χ0n) is 22.2. The summed E-state index contributed by atoms with van der Waals surface area (Å²) in [5.41, 5.74) is 1.97. The first-order valence-electron chi connectivity index (χ1n) is 12.7. The van der Waals surface area contributed by atoms with Crippen molar-refractivity contribution in [2.75, 3.05) is 17.4 Å². The molecule has 3 aromatic carbocycles. The van der Waals surface area contributed by atoms with Gasteiger partial charge in [-0.05, 0) is 74.4 Å². The van der Waals surface area contributed by atoms with Crippen molar-refractivity contribution in [2.24, 2.45) is 0 Å². The molecule has 0 unspecified atom stereocenters. The average molecular weight is 619 g/mol. The summed E-state index contributed by atoms with van der Waals surface area (Å²) in [6.45, 7) is 5.53. The van der Waals surface area contributed by atoms with Crippen LogP contribution in [0.4, 0.5) is 10.1 Å². The molecule has 3 aromatic rings. The number of benzene rings is 3. The van der Waals surface area contributed by atoms with Crippen molar-refractivity contribution >= 4 is 43.5 Å². The van der Waals surface area contributed by atoms with E-state index in [1.165, 1.54) is 17.0 Å². The molecule has 10 heteroatoms. The van der Waals surface area contributed by atoms with Crippen molar-refractivity contribution in [3.63, 3.8) is 0 Å². The SMILES string of the molecule is CCCCNC(=O)[C@H](C)N(Cc1cccc(Br)c1)C(=O)CN(c1ccc(C)cc1)S(=O)(=O)c1ccc(F)cc1. The molecule has 0 saturated heterocycles. The molecular formula is C29H33BrFN3O4S. The van der Waals surface area contributed by atoms with Crippen LogP contribution in [0.3, 0.4) is 0 Å². The van der Waals surface area contributed by atoms with Crippen LogP contribution in [0.15, 0.2) is 82.2 Å². The Morgan fingerprint density at radius 3 is 2.31 bits per heavy atom. The Bertz CT molecular complexity index is 1380. The minimum atomic E-state index is -4.24. The van der Waals surface area contributed by atoms with Crippen LogP contribution in [0, 0.1) is 12.7 Å². The van der Waals surface area contributed by atoms with Gasteiger partial charge in [-0.2, -0.15) is 0 Å². The van der Waals surface area contributed by atoms with Crippen LogP contribution in [0.25, 0.3) is 0 Å². The number of unbranched alkanes of at least 4 members (excludes halogenated alkanes) is 1. The van der Waals surface area contributed by atoms with Gasteiger partial charge in [0, 0.05) is 17.6 Å². The van der Waals surface area contributed by atoms with Gasteiger partial charge in [0.05, 0.1) is 10.6 Å². The highest BCUT2D eigenvalue weighted by molar-refractivity contribution is 9.10. The second kappa shape index (κ2) is 13.7. The number of anilines is 1. The largest absolute Gasteiger partial charge is 0.354 e. The number of carbonyl (C=O) groups is 2. The highest BCUT2D eigenvalue weighted by atomic mass is 79.9. The topological polar surface area (TPSA) is 86.8 Å². The van der Waals surface area contributed by atoms with Gasteiger partial charge in [-0.25, -0.2) is 12.8 Å². The van der Waals surface area contributed by atoms with Gasteiger partial charge in [0.15, 0.2) is 0 Å².